The maximum atomic E-state index is 12.3. The molecule has 1 saturated carbocycles. The Labute approximate surface area is 126 Å². The summed E-state index contributed by atoms with van der Waals surface area (Å²) in [6.07, 6.45) is 1.14. The predicted molar refractivity (Wildman–Crippen MR) is 81.9 cm³/mol. The topological polar surface area (TPSA) is 47.6 Å². The molecule has 1 N–H and O–H groups in total. The van der Waals surface area contributed by atoms with Crippen LogP contribution in [0.15, 0.2) is 30.3 Å². The van der Waals surface area contributed by atoms with Gasteiger partial charge in [-0.05, 0) is 18.9 Å². The van der Waals surface area contributed by atoms with Crippen LogP contribution in [0.3, 0.4) is 0 Å². The fourth-order valence-corrected chi connectivity index (χ4v) is 2.94. The van der Waals surface area contributed by atoms with Crippen LogP contribution >= 0.6 is 0 Å². The number of nitrogens with one attached hydrogen (secondary N) is 1. The molecule has 4 heteroatoms. The van der Waals surface area contributed by atoms with E-state index in [0.29, 0.717) is 6.61 Å². The van der Waals surface area contributed by atoms with E-state index in [0.717, 1.165) is 12.0 Å². The number of benzene rings is 1. The van der Waals surface area contributed by atoms with E-state index in [1.54, 1.807) is 7.11 Å². The fourth-order valence-electron chi connectivity index (χ4n) is 2.94. The molecule has 1 aromatic rings. The number of esters is 1. The molecule has 0 bridgehead atoms. The van der Waals surface area contributed by atoms with E-state index in [-0.39, 0.29) is 23.5 Å². The van der Waals surface area contributed by atoms with Crippen LogP contribution in [0.1, 0.15) is 38.8 Å². The van der Waals surface area contributed by atoms with Crippen molar-refractivity contribution >= 4 is 5.97 Å². The molecule has 4 nitrogen and oxygen atoms in total. The molecular formula is C17H25NO3. The Balaban J connectivity index is 2.13. The van der Waals surface area contributed by atoms with Crippen molar-refractivity contribution in [3.05, 3.63) is 35.9 Å². The summed E-state index contributed by atoms with van der Waals surface area (Å²) in [6, 6.07) is 9.53. The molecule has 0 aromatic heterocycles. The normalized spacial score (nSPS) is 25.0. The molecule has 0 radical (unpaired) electrons. The van der Waals surface area contributed by atoms with Crippen LogP contribution in [0.2, 0.25) is 0 Å². The Morgan fingerprint density at radius 2 is 2.05 bits per heavy atom. The van der Waals surface area contributed by atoms with Crippen molar-refractivity contribution in [1.82, 2.24) is 5.32 Å². The molecule has 3 unspecified atom stereocenters. The number of hydrogen-bond acceptors (Lipinski definition) is 4. The molecule has 2 rings (SSSR count). The third-order valence-corrected chi connectivity index (χ3v) is 4.49. The second-order valence-electron chi connectivity index (χ2n) is 6.10. The van der Waals surface area contributed by atoms with Gasteiger partial charge in [0.05, 0.1) is 12.7 Å². The van der Waals surface area contributed by atoms with Gasteiger partial charge in [-0.1, -0.05) is 44.2 Å². The molecule has 21 heavy (non-hydrogen) atoms. The molecule has 0 heterocycles. The van der Waals surface area contributed by atoms with E-state index in [1.165, 1.54) is 0 Å². The Kier molecular flexibility index (Phi) is 5.01. The van der Waals surface area contributed by atoms with Gasteiger partial charge in [0.2, 0.25) is 0 Å². The lowest BCUT2D eigenvalue weighted by molar-refractivity contribution is -0.149. The smallest absolute Gasteiger partial charge is 0.327 e. The number of ether oxygens (including phenoxy) is 2. The summed E-state index contributed by atoms with van der Waals surface area (Å²) in [6.45, 7) is 6.54. The van der Waals surface area contributed by atoms with Crippen LogP contribution < -0.4 is 5.32 Å². The Morgan fingerprint density at radius 1 is 1.38 bits per heavy atom. The summed E-state index contributed by atoms with van der Waals surface area (Å²) in [4.78, 5) is 12.3. The Bertz CT molecular complexity index is 472. The van der Waals surface area contributed by atoms with E-state index in [4.69, 9.17) is 9.47 Å². The standard InChI is InChI=1S/C17H25NO3/c1-5-21-16(19)15(12-9-7-6-8-10-12)18-13-11-14(20-4)17(13,2)3/h6-10,13-15,18H,5,11H2,1-4H3. The van der Waals surface area contributed by atoms with Crippen LogP contribution in [-0.4, -0.2) is 31.8 Å². The number of methoxy groups -OCH3 is 1. The third kappa shape index (κ3) is 3.27. The molecule has 1 aliphatic rings. The second kappa shape index (κ2) is 6.58. The number of hydrogen-bond donors (Lipinski definition) is 1. The largest absolute Gasteiger partial charge is 0.465 e. The molecular weight excluding hydrogens is 266 g/mol. The zero-order chi connectivity index (χ0) is 15.5. The van der Waals surface area contributed by atoms with Crippen molar-refractivity contribution in [2.75, 3.05) is 13.7 Å². The lowest BCUT2D eigenvalue weighted by Gasteiger charge is -2.52. The van der Waals surface area contributed by atoms with Gasteiger partial charge in [0.25, 0.3) is 0 Å². The van der Waals surface area contributed by atoms with E-state index in [9.17, 15) is 4.79 Å². The van der Waals surface area contributed by atoms with Crippen molar-refractivity contribution < 1.29 is 14.3 Å². The van der Waals surface area contributed by atoms with Gasteiger partial charge in [0.15, 0.2) is 0 Å². The maximum absolute atomic E-state index is 12.3. The minimum atomic E-state index is -0.423. The highest BCUT2D eigenvalue weighted by molar-refractivity contribution is 5.77. The minimum Gasteiger partial charge on any atom is -0.465 e. The van der Waals surface area contributed by atoms with Crippen molar-refractivity contribution in [1.29, 1.82) is 0 Å². The number of carbonyl (C=O) groups excluding carboxylic acids is 1. The zero-order valence-electron chi connectivity index (χ0n) is 13.3. The first-order valence-corrected chi connectivity index (χ1v) is 7.51. The van der Waals surface area contributed by atoms with Gasteiger partial charge < -0.3 is 9.47 Å². The minimum absolute atomic E-state index is 0.00821. The zero-order valence-corrected chi connectivity index (χ0v) is 13.3. The number of rotatable bonds is 6. The summed E-state index contributed by atoms with van der Waals surface area (Å²) in [7, 11) is 1.74. The molecule has 0 spiro atoms. The van der Waals surface area contributed by atoms with Crippen LogP contribution in [0, 0.1) is 5.41 Å². The summed E-state index contributed by atoms with van der Waals surface area (Å²) in [5, 5.41) is 3.45. The Hall–Kier alpha value is -1.39. The maximum Gasteiger partial charge on any atom is 0.327 e. The molecule has 3 atom stereocenters. The van der Waals surface area contributed by atoms with Gasteiger partial charge in [-0.3, -0.25) is 5.32 Å². The van der Waals surface area contributed by atoms with E-state index >= 15 is 0 Å². The average Bonchev–Trinajstić information content (AvgIpc) is 2.47. The lowest BCUT2D eigenvalue weighted by atomic mass is 9.64. The highest BCUT2D eigenvalue weighted by Crippen LogP contribution is 2.43. The van der Waals surface area contributed by atoms with Gasteiger partial charge in [0.1, 0.15) is 6.04 Å². The first kappa shape index (κ1) is 16.0. The lowest BCUT2D eigenvalue weighted by Crippen LogP contribution is -2.61. The molecule has 116 valence electrons. The van der Waals surface area contributed by atoms with Crippen LogP contribution in [-0.2, 0) is 14.3 Å². The summed E-state index contributed by atoms with van der Waals surface area (Å²) in [5.74, 6) is -0.222. The Morgan fingerprint density at radius 3 is 2.57 bits per heavy atom. The second-order valence-corrected chi connectivity index (χ2v) is 6.10. The molecule has 1 aromatic carbocycles. The summed E-state index contributed by atoms with van der Waals surface area (Å²) >= 11 is 0. The summed E-state index contributed by atoms with van der Waals surface area (Å²) < 4.78 is 10.7. The van der Waals surface area contributed by atoms with E-state index < -0.39 is 6.04 Å². The van der Waals surface area contributed by atoms with Crippen molar-refractivity contribution in [2.24, 2.45) is 5.41 Å². The monoisotopic (exact) mass is 291 g/mol. The highest BCUT2D eigenvalue weighted by atomic mass is 16.5. The molecule has 0 amide bonds. The third-order valence-electron chi connectivity index (χ3n) is 4.49. The molecule has 1 aliphatic carbocycles. The van der Waals surface area contributed by atoms with Gasteiger partial charge in [0, 0.05) is 18.6 Å². The predicted octanol–water partition coefficient (Wildman–Crippen LogP) is 2.69. The quantitative estimate of drug-likeness (QED) is 0.819. The van der Waals surface area contributed by atoms with Crippen LogP contribution in [0.4, 0.5) is 0 Å². The van der Waals surface area contributed by atoms with Crippen molar-refractivity contribution in [3.63, 3.8) is 0 Å². The fraction of sp³-hybridized carbons (Fsp3) is 0.588. The van der Waals surface area contributed by atoms with E-state index in [2.05, 4.69) is 19.2 Å². The molecule has 0 aliphatic heterocycles. The van der Waals surface area contributed by atoms with Crippen molar-refractivity contribution in [2.45, 2.75) is 45.4 Å². The molecule has 1 fully saturated rings. The van der Waals surface area contributed by atoms with Gasteiger partial charge in [-0.15, -0.1) is 0 Å². The highest BCUT2D eigenvalue weighted by Gasteiger charge is 2.49. The van der Waals surface area contributed by atoms with Gasteiger partial charge >= 0.3 is 5.97 Å². The van der Waals surface area contributed by atoms with Crippen molar-refractivity contribution in [3.8, 4) is 0 Å². The number of carbonyl (C=O) groups is 1. The van der Waals surface area contributed by atoms with Gasteiger partial charge in [-0.2, -0.15) is 0 Å². The van der Waals surface area contributed by atoms with E-state index in [1.807, 2.05) is 37.3 Å². The molecule has 0 saturated heterocycles. The summed E-state index contributed by atoms with van der Waals surface area (Å²) in [5.41, 5.74) is 0.946. The average molecular weight is 291 g/mol. The first-order chi connectivity index (χ1) is 10.0. The van der Waals surface area contributed by atoms with Crippen LogP contribution in [0.5, 0.6) is 0 Å². The van der Waals surface area contributed by atoms with Gasteiger partial charge in [-0.25, -0.2) is 4.79 Å². The first-order valence-electron chi connectivity index (χ1n) is 7.51. The SMILES string of the molecule is CCOC(=O)C(NC1CC(OC)C1(C)C)c1ccccc1. The van der Waals surface area contributed by atoms with Crippen LogP contribution in [0.25, 0.3) is 0 Å².